The molecule has 1 aliphatic heterocycles. The zero-order valence-corrected chi connectivity index (χ0v) is 11.5. The highest BCUT2D eigenvalue weighted by molar-refractivity contribution is 6.21. The normalized spacial score (nSPS) is 29.9. The Balaban J connectivity index is 1.52. The molecule has 108 valence electrons. The van der Waals surface area contributed by atoms with Crippen molar-refractivity contribution in [3.63, 3.8) is 0 Å². The molecular formula is C16H16N2O3. The number of hydrazine groups is 1. The zero-order chi connectivity index (χ0) is 14.6. The zero-order valence-electron chi connectivity index (χ0n) is 11.5. The van der Waals surface area contributed by atoms with E-state index in [0.29, 0.717) is 23.0 Å². The van der Waals surface area contributed by atoms with Crippen molar-refractivity contribution in [1.29, 1.82) is 0 Å². The van der Waals surface area contributed by atoms with Gasteiger partial charge in [0.05, 0.1) is 11.1 Å². The molecule has 2 fully saturated rings. The van der Waals surface area contributed by atoms with Gasteiger partial charge in [-0.05, 0) is 43.2 Å². The summed E-state index contributed by atoms with van der Waals surface area (Å²) in [7, 11) is 0. The molecule has 1 aromatic rings. The molecule has 3 aliphatic rings. The second kappa shape index (κ2) is 4.41. The molecule has 0 unspecified atom stereocenters. The molecule has 0 saturated heterocycles. The third-order valence-electron chi connectivity index (χ3n) is 5.09. The van der Waals surface area contributed by atoms with Crippen LogP contribution in [-0.2, 0) is 4.79 Å². The highest BCUT2D eigenvalue weighted by Gasteiger charge is 2.45. The van der Waals surface area contributed by atoms with E-state index in [9.17, 15) is 14.4 Å². The molecule has 0 radical (unpaired) electrons. The van der Waals surface area contributed by atoms with Crippen LogP contribution in [0.25, 0.3) is 0 Å². The lowest BCUT2D eigenvalue weighted by Crippen LogP contribution is -2.48. The number of nitrogens with one attached hydrogen (secondary N) is 1. The molecule has 1 aromatic carbocycles. The van der Waals surface area contributed by atoms with E-state index in [1.807, 2.05) is 0 Å². The molecule has 0 spiro atoms. The van der Waals surface area contributed by atoms with Gasteiger partial charge in [0, 0.05) is 5.92 Å². The van der Waals surface area contributed by atoms with Crippen molar-refractivity contribution < 1.29 is 14.4 Å². The summed E-state index contributed by atoms with van der Waals surface area (Å²) < 4.78 is 0. The Morgan fingerprint density at radius 3 is 2.24 bits per heavy atom. The molecule has 3 amide bonds. The van der Waals surface area contributed by atoms with Crippen LogP contribution in [0.3, 0.4) is 0 Å². The molecule has 0 aromatic heterocycles. The van der Waals surface area contributed by atoms with Crippen molar-refractivity contribution in [2.45, 2.75) is 25.7 Å². The van der Waals surface area contributed by atoms with E-state index in [-0.39, 0.29) is 11.8 Å². The van der Waals surface area contributed by atoms with E-state index in [1.165, 1.54) is 6.42 Å². The minimum Gasteiger partial charge on any atom is -0.273 e. The van der Waals surface area contributed by atoms with Crippen LogP contribution in [0.1, 0.15) is 46.4 Å². The van der Waals surface area contributed by atoms with Gasteiger partial charge in [-0.25, -0.2) is 0 Å². The summed E-state index contributed by atoms with van der Waals surface area (Å²) in [5.41, 5.74) is 3.26. The Morgan fingerprint density at radius 2 is 1.71 bits per heavy atom. The van der Waals surface area contributed by atoms with Crippen LogP contribution in [0, 0.1) is 17.8 Å². The average Bonchev–Trinajstić information content (AvgIpc) is 3.18. The van der Waals surface area contributed by atoms with Crippen LogP contribution in [0.15, 0.2) is 24.3 Å². The van der Waals surface area contributed by atoms with Crippen molar-refractivity contribution in [2.24, 2.45) is 17.8 Å². The van der Waals surface area contributed by atoms with Gasteiger partial charge in [0.2, 0.25) is 5.91 Å². The second-order valence-electron chi connectivity index (χ2n) is 6.25. The van der Waals surface area contributed by atoms with Crippen molar-refractivity contribution in [2.75, 3.05) is 0 Å². The van der Waals surface area contributed by atoms with Gasteiger partial charge in [-0.3, -0.25) is 19.8 Å². The molecule has 21 heavy (non-hydrogen) atoms. The number of benzene rings is 1. The van der Waals surface area contributed by atoms with E-state index in [2.05, 4.69) is 5.43 Å². The van der Waals surface area contributed by atoms with E-state index < -0.39 is 11.8 Å². The van der Waals surface area contributed by atoms with E-state index in [1.54, 1.807) is 24.3 Å². The second-order valence-corrected chi connectivity index (χ2v) is 6.25. The Kier molecular flexibility index (Phi) is 2.64. The number of rotatable bonds is 2. The number of imide groups is 1. The largest absolute Gasteiger partial charge is 0.280 e. The Hall–Kier alpha value is -2.17. The van der Waals surface area contributed by atoms with Gasteiger partial charge in [0.1, 0.15) is 0 Å². The quantitative estimate of drug-likeness (QED) is 0.841. The number of amides is 3. The van der Waals surface area contributed by atoms with Gasteiger partial charge >= 0.3 is 0 Å². The molecule has 2 aliphatic carbocycles. The number of hydrogen-bond donors (Lipinski definition) is 1. The lowest BCUT2D eigenvalue weighted by Gasteiger charge is -2.23. The van der Waals surface area contributed by atoms with Crippen molar-refractivity contribution in [3.8, 4) is 0 Å². The lowest BCUT2D eigenvalue weighted by atomic mass is 9.88. The highest BCUT2D eigenvalue weighted by atomic mass is 16.2. The van der Waals surface area contributed by atoms with Crippen LogP contribution in [0.5, 0.6) is 0 Å². The number of nitrogens with zero attached hydrogens (tertiary/aromatic N) is 1. The highest BCUT2D eigenvalue weighted by Crippen LogP contribution is 2.48. The van der Waals surface area contributed by atoms with Gasteiger partial charge < -0.3 is 0 Å². The summed E-state index contributed by atoms with van der Waals surface area (Å²) >= 11 is 0. The molecule has 3 atom stereocenters. The standard InChI is InChI=1S/C16H16N2O3/c19-14(13-8-9-5-6-10(13)7-9)17-18-15(20)11-3-1-2-4-12(11)16(18)21/h1-4,9-10,13H,5-8H2,(H,17,19)/t9-,10-,13-/m1/s1. The minimum atomic E-state index is -0.438. The van der Waals surface area contributed by atoms with Crippen LogP contribution < -0.4 is 5.43 Å². The van der Waals surface area contributed by atoms with Gasteiger partial charge in [-0.1, -0.05) is 18.6 Å². The number of fused-ring (bicyclic) bond motifs is 3. The summed E-state index contributed by atoms with van der Waals surface area (Å²) in [5, 5.41) is 0.874. The van der Waals surface area contributed by atoms with Crippen LogP contribution in [0.2, 0.25) is 0 Å². The minimum absolute atomic E-state index is 0.0481. The maximum absolute atomic E-state index is 12.4. The molecule has 1 heterocycles. The summed E-state index contributed by atoms with van der Waals surface area (Å²) in [6.07, 6.45) is 4.30. The Labute approximate surface area is 122 Å². The summed E-state index contributed by atoms with van der Waals surface area (Å²) in [6, 6.07) is 6.65. The van der Waals surface area contributed by atoms with Gasteiger partial charge in [0.15, 0.2) is 0 Å². The molecule has 4 rings (SSSR count). The average molecular weight is 284 g/mol. The van der Waals surface area contributed by atoms with Crippen molar-refractivity contribution in [1.82, 2.24) is 10.4 Å². The van der Waals surface area contributed by atoms with E-state index >= 15 is 0 Å². The van der Waals surface area contributed by atoms with Crippen LogP contribution in [-0.4, -0.2) is 22.7 Å². The third kappa shape index (κ3) is 1.80. The topological polar surface area (TPSA) is 66.5 Å². The summed E-state index contributed by atoms with van der Waals surface area (Å²) in [6.45, 7) is 0. The first kappa shape index (κ1) is 12.6. The Bertz CT molecular complexity index is 620. The van der Waals surface area contributed by atoms with Gasteiger partial charge in [-0.15, -0.1) is 0 Å². The van der Waals surface area contributed by atoms with Crippen LogP contribution >= 0.6 is 0 Å². The first-order valence-corrected chi connectivity index (χ1v) is 7.43. The Morgan fingerprint density at radius 1 is 1.05 bits per heavy atom. The smallest absolute Gasteiger partial charge is 0.273 e. The fourth-order valence-corrected chi connectivity index (χ4v) is 4.05. The lowest BCUT2D eigenvalue weighted by molar-refractivity contribution is -0.129. The maximum atomic E-state index is 12.4. The van der Waals surface area contributed by atoms with Gasteiger partial charge in [0.25, 0.3) is 11.8 Å². The molecule has 2 saturated carbocycles. The third-order valence-corrected chi connectivity index (χ3v) is 5.09. The van der Waals surface area contributed by atoms with Crippen molar-refractivity contribution in [3.05, 3.63) is 35.4 Å². The van der Waals surface area contributed by atoms with Gasteiger partial charge in [-0.2, -0.15) is 5.01 Å². The number of carbonyl (C=O) groups is 3. The molecule has 5 nitrogen and oxygen atoms in total. The number of hydrogen-bond acceptors (Lipinski definition) is 3. The fourth-order valence-electron chi connectivity index (χ4n) is 4.05. The predicted octanol–water partition coefficient (Wildman–Crippen LogP) is 1.75. The molecular weight excluding hydrogens is 268 g/mol. The monoisotopic (exact) mass is 284 g/mol. The first-order valence-electron chi connectivity index (χ1n) is 7.43. The molecule has 5 heteroatoms. The summed E-state index contributed by atoms with van der Waals surface area (Å²) in [4.78, 5) is 36.8. The van der Waals surface area contributed by atoms with E-state index in [4.69, 9.17) is 0 Å². The molecule has 1 N–H and O–H groups in total. The molecule has 2 bridgehead atoms. The summed E-state index contributed by atoms with van der Waals surface area (Å²) in [5.74, 6) is -0.0397. The first-order chi connectivity index (χ1) is 10.1. The van der Waals surface area contributed by atoms with E-state index in [0.717, 1.165) is 24.3 Å². The van der Waals surface area contributed by atoms with Crippen LogP contribution in [0.4, 0.5) is 0 Å². The fraction of sp³-hybridized carbons (Fsp3) is 0.438. The SMILES string of the molecule is O=C(NN1C(=O)c2ccccc2C1=O)[C@@H]1C[C@@H]2CC[C@@H]1C2. The number of carbonyl (C=O) groups excluding carboxylic acids is 3. The predicted molar refractivity (Wildman–Crippen MR) is 74.0 cm³/mol. The van der Waals surface area contributed by atoms with Crippen molar-refractivity contribution >= 4 is 17.7 Å². The maximum Gasteiger partial charge on any atom is 0.280 e.